The van der Waals surface area contributed by atoms with E-state index in [2.05, 4.69) is 27.3 Å². The SMILES string of the molecule is CC1NCCN(c2ccc(C=O)cc2)C1c1nnc(-c2ccccc2)c2ccc(F)cc12. The molecular formula is C26H23FN4O. The molecule has 4 aromatic rings. The first-order chi connectivity index (χ1) is 15.7. The molecule has 5 nitrogen and oxygen atoms in total. The highest BCUT2D eigenvalue weighted by atomic mass is 19.1. The fourth-order valence-electron chi connectivity index (χ4n) is 4.53. The summed E-state index contributed by atoms with van der Waals surface area (Å²) in [6.45, 7) is 3.68. The Morgan fingerprint density at radius 2 is 1.78 bits per heavy atom. The monoisotopic (exact) mass is 426 g/mol. The number of nitrogens with zero attached hydrogens (tertiary/aromatic N) is 3. The van der Waals surface area contributed by atoms with Gasteiger partial charge in [0.25, 0.3) is 0 Å². The number of hydrogen-bond donors (Lipinski definition) is 1. The molecule has 32 heavy (non-hydrogen) atoms. The molecule has 1 saturated heterocycles. The van der Waals surface area contributed by atoms with Crippen LogP contribution in [0.15, 0.2) is 72.8 Å². The van der Waals surface area contributed by atoms with Gasteiger partial charge in [0.15, 0.2) is 0 Å². The lowest BCUT2D eigenvalue weighted by Gasteiger charge is -2.42. The molecule has 2 unspecified atom stereocenters. The smallest absolute Gasteiger partial charge is 0.150 e. The van der Waals surface area contributed by atoms with Crippen molar-refractivity contribution < 1.29 is 9.18 Å². The van der Waals surface area contributed by atoms with Gasteiger partial charge in [-0.2, -0.15) is 5.10 Å². The Labute approximate surface area is 185 Å². The number of anilines is 1. The van der Waals surface area contributed by atoms with E-state index >= 15 is 0 Å². The number of rotatable bonds is 4. The maximum Gasteiger partial charge on any atom is 0.150 e. The summed E-state index contributed by atoms with van der Waals surface area (Å²) in [7, 11) is 0. The lowest BCUT2D eigenvalue weighted by atomic mass is 9.94. The van der Waals surface area contributed by atoms with Crippen LogP contribution >= 0.6 is 0 Å². The summed E-state index contributed by atoms with van der Waals surface area (Å²) < 4.78 is 14.4. The predicted octanol–water partition coefficient (Wildman–Crippen LogP) is 4.79. The third-order valence-corrected chi connectivity index (χ3v) is 6.09. The maximum absolute atomic E-state index is 14.4. The number of aldehydes is 1. The standard InChI is InChI=1S/C26H23FN4O/c1-17-26(31(14-13-28-17)21-10-7-18(16-32)8-11-21)25-23-15-20(27)9-12-22(23)24(29-30-25)19-5-3-2-4-6-19/h2-12,15-17,26,28H,13-14H2,1H3. The summed E-state index contributed by atoms with van der Waals surface area (Å²) in [4.78, 5) is 13.3. The zero-order valence-electron chi connectivity index (χ0n) is 17.7. The summed E-state index contributed by atoms with van der Waals surface area (Å²) in [6, 6.07) is 22.1. The summed E-state index contributed by atoms with van der Waals surface area (Å²) >= 11 is 0. The highest BCUT2D eigenvalue weighted by Crippen LogP contribution is 2.36. The lowest BCUT2D eigenvalue weighted by Crippen LogP contribution is -2.52. The number of halogens is 1. The van der Waals surface area contributed by atoms with Gasteiger partial charge in [-0.05, 0) is 49.4 Å². The van der Waals surface area contributed by atoms with Crippen molar-refractivity contribution in [2.24, 2.45) is 0 Å². The van der Waals surface area contributed by atoms with E-state index in [4.69, 9.17) is 0 Å². The van der Waals surface area contributed by atoms with Crippen LogP contribution in [0.5, 0.6) is 0 Å². The van der Waals surface area contributed by atoms with E-state index in [9.17, 15) is 9.18 Å². The number of nitrogens with one attached hydrogen (secondary N) is 1. The van der Waals surface area contributed by atoms with E-state index in [1.54, 1.807) is 12.1 Å². The van der Waals surface area contributed by atoms with Crippen LogP contribution in [0.1, 0.15) is 29.0 Å². The highest BCUT2D eigenvalue weighted by Gasteiger charge is 2.33. The van der Waals surface area contributed by atoms with Crippen molar-refractivity contribution in [3.63, 3.8) is 0 Å². The number of benzene rings is 3. The van der Waals surface area contributed by atoms with E-state index in [0.29, 0.717) is 5.56 Å². The number of fused-ring (bicyclic) bond motifs is 1. The van der Waals surface area contributed by atoms with E-state index < -0.39 is 0 Å². The summed E-state index contributed by atoms with van der Waals surface area (Å²) in [6.07, 6.45) is 0.839. The summed E-state index contributed by atoms with van der Waals surface area (Å²) in [5, 5.41) is 14.4. The van der Waals surface area contributed by atoms with Crippen molar-refractivity contribution in [2.75, 3.05) is 18.0 Å². The van der Waals surface area contributed by atoms with Crippen LogP contribution < -0.4 is 10.2 Å². The molecular weight excluding hydrogens is 403 g/mol. The van der Waals surface area contributed by atoms with E-state index in [0.717, 1.165) is 52.8 Å². The molecule has 1 fully saturated rings. The van der Waals surface area contributed by atoms with Crippen molar-refractivity contribution in [3.8, 4) is 11.3 Å². The van der Waals surface area contributed by atoms with Crippen LogP contribution in [0.25, 0.3) is 22.0 Å². The van der Waals surface area contributed by atoms with E-state index in [-0.39, 0.29) is 17.9 Å². The maximum atomic E-state index is 14.4. The molecule has 2 atom stereocenters. The fraction of sp³-hybridized carbons (Fsp3) is 0.192. The van der Waals surface area contributed by atoms with Gasteiger partial charge >= 0.3 is 0 Å². The number of piperazine rings is 1. The van der Waals surface area contributed by atoms with Crippen LogP contribution in [0.4, 0.5) is 10.1 Å². The van der Waals surface area contributed by atoms with Gasteiger partial charge in [0, 0.05) is 46.7 Å². The van der Waals surface area contributed by atoms with Crippen molar-refractivity contribution in [2.45, 2.75) is 19.0 Å². The van der Waals surface area contributed by atoms with E-state index in [1.807, 2.05) is 54.6 Å². The van der Waals surface area contributed by atoms with Gasteiger partial charge in [0.05, 0.1) is 11.7 Å². The quantitative estimate of drug-likeness (QED) is 0.476. The molecule has 0 aliphatic carbocycles. The third kappa shape index (κ3) is 3.63. The fourth-order valence-corrected chi connectivity index (χ4v) is 4.53. The molecule has 0 radical (unpaired) electrons. The first-order valence-corrected chi connectivity index (χ1v) is 10.7. The largest absolute Gasteiger partial charge is 0.360 e. The van der Waals surface area contributed by atoms with Gasteiger partial charge in [0.1, 0.15) is 17.8 Å². The number of carbonyl (C=O) groups excluding carboxylic acids is 1. The third-order valence-electron chi connectivity index (χ3n) is 6.09. The van der Waals surface area contributed by atoms with Crippen molar-refractivity contribution in [1.82, 2.24) is 15.5 Å². The Morgan fingerprint density at radius 3 is 2.53 bits per heavy atom. The second-order valence-corrected chi connectivity index (χ2v) is 8.08. The summed E-state index contributed by atoms with van der Waals surface area (Å²) in [5.74, 6) is -0.302. The molecule has 0 amide bonds. The minimum atomic E-state index is -0.302. The van der Waals surface area contributed by atoms with Crippen LogP contribution in [0.3, 0.4) is 0 Å². The first kappa shape index (κ1) is 20.3. The Hall–Kier alpha value is -3.64. The second kappa shape index (κ2) is 8.48. The predicted molar refractivity (Wildman–Crippen MR) is 124 cm³/mol. The van der Waals surface area contributed by atoms with Crippen LogP contribution in [0.2, 0.25) is 0 Å². The Balaban J connectivity index is 1.67. The molecule has 1 aromatic heterocycles. The Bertz CT molecular complexity index is 1260. The van der Waals surface area contributed by atoms with Gasteiger partial charge in [-0.1, -0.05) is 30.3 Å². The van der Waals surface area contributed by atoms with Gasteiger partial charge < -0.3 is 10.2 Å². The minimum Gasteiger partial charge on any atom is -0.360 e. The highest BCUT2D eigenvalue weighted by molar-refractivity contribution is 5.96. The Morgan fingerprint density at radius 1 is 1.00 bits per heavy atom. The average molecular weight is 426 g/mol. The topological polar surface area (TPSA) is 58.1 Å². The van der Waals surface area contributed by atoms with Crippen LogP contribution in [-0.4, -0.2) is 35.6 Å². The molecule has 0 bridgehead atoms. The lowest BCUT2D eigenvalue weighted by molar-refractivity contribution is 0.112. The summed E-state index contributed by atoms with van der Waals surface area (Å²) in [5.41, 5.74) is 4.04. The molecule has 1 N–H and O–H groups in total. The number of aromatic nitrogens is 2. The van der Waals surface area contributed by atoms with Gasteiger partial charge in [-0.15, -0.1) is 5.10 Å². The second-order valence-electron chi connectivity index (χ2n) is 8.08. The Kier molecular flexibility index (Phi) is 5.37. The van der Waals surface area contributed by atoms with Crippen LogP contribution in [0, 0.1) is 5.82 Å². The van der Waals surface area contributed by atoms with Crippen molar-refractivity contribution in [1.29, 1.82) is 0 Å². The first-order valence-electron chi connectivity index (χ1n) is 10.7. The molecule has 5 rings (SSSR count). The van der Waals surface area contributed by atoms with E-state index in [1.165, 1.54) is 6.07 Å². The number of carbonyl (C=O) groups is 1. The molecule has 1 aliphatic heterocycles. The average Bonchev–Trinajstić information content (AvgIpc) is 2.84. The van der Waals surface area contributed by atoms with Gasteiger partial charge in [0.2, 0.25) is 0 Å². The number of hydrogen-bond acceptors (Lipinski definition) is 5. The molecule has 0 spiro atoms. The minimum absolute atomic E-state index is 0.0674. The normalized spacial score (nSPS) is 18.6. The van der Waals surface area contributed by atoms with Crippen LogP contribution in [-0.2, 0) is 0 Å². The molecule has 1 aliphatic rings. The van der Waals surface area contributed by atoms with Crippen molar-refractivity contribution in [3.05, 3.63) is 89.9 Å². The van der Waals surface area contributed by atoms with Gasteiger partial charge in [-0.25, -0.2) is 4.39 Å². The zero-order chi connectivity index (χ0) is 22.1. The van der Waals surface area contributed by atoms with Gasteiger partial charge in [-0.3, -0.25) is 4.79 Å². The molecule has 6 heteroatoms. The molecule has 3 aromatic carbocycles. The molecule has 0 saturated carbocycles. The zero-order valence-corrected chi connectivity index (χ0v) is 17.7. The van der Waals surface area contributed by atoms with Crippen molar-refractivity contribution >= 4 is 22.7 Å². The molecule has 160 valence electrons. The molecule has 2 heterocycles.